The lowest BCUT2D eigenvalue weighted by Crippen LogP contribution is -2.40. The van der Waals surface area contributed by atoms with E-state index in [0.717, 1.165) is 0 Å². The second kappa shape index (κ2) is 8.43. The van der Waals surface area contributed by atoms with Gasteiger partial charge in [-0.25, -0.2) is 19.2 Å². The van der Waals surface area contributed by atoms with Crippen molar-refractivity contribution in [3.8, 4) is 23.1 Å². The summed E-state index contributed by atoms with van der Waals surface area (Å²) in [6, 6.07) is 5.12. The average Bonchev–Trinajstić information content (AvgIpc) is 3.35. The number of hydrogen-bond acceptors (Lipinski definition) is 7. The maximum Gasteiger partial charge on any atom is 0.413 e. The van der Waals surface area contributed by atoms with Crippen LogP contribution in [0, 0.1) is 24.1 Å². The van der Waals surface area contributed by atoms with Crippen LogP contribution in [0.1, 0.15) is 29.9 Å². The highest BCUT2D eigenvalue weighted by Crippen LogP contribution is 2.41. The fourth-order valence-electron chi connectivity index (χ4n) is 4.72. The first-order valence-electron chi connectivity index (χ1n) is 10.9. The molecule has 0 radical (unpaired) electrons. The van der Waals surface area contributed by atoms with E-state index in [2.05, 4.69) is 16.0 Å². The molecule has 3 aromatic rings. The third kappa shape index (κ3) is 3.45. The third-order valence-corrected chi connectivity index (χ3v) is 6.50. The number of carboxylic acid groups (broad SMARTS) is 1. The summed E-state index contributed by atoms with van der Waals surface area (Å²) in [6.45, 7) is 2.96. The molecule has 174 valence electrons. The van der Waals surface area contributed by atoms with Crippen molar-refractivity contribution < 1.29 is 23.8 Å². The molecule has 34 heavy (non-hydrogen) atoms. The van der Waals surface area contributed by atoms with Gasteiger partial charge in [0.1, 0.15) is 5.82 Å². The molecule has 1 aromatic carbocycles. The van der Waals surface area contributed by atoms with E-state index in [9.17, 15) is 15.2 Å². The van der Waals surface area contributed by atoms with Crippen LogP contribution in [0.2, 0.25) is 0 Å². The zero-order chi connectivity index (χ0) is 24.0. The van der Waals surface area contributed by atoms with E-state index < -0.39 is 17.8 Å². The van der Waals surface area contributed by atoms with Gasteiger partial charge in [-0.3, -0.25) is 4.90 Å². The number of anilines is 2. The van der Waals surface area contributed by atoms with Crippen LogP contribution in [-0.2, 0) is 4.74 Å². The summed E-state index contributed by atoms with van der Waals surface area (Å²) in [5.41, 5.74) is 8.10. The van der Waals surface area contributed by atoms with Gasteiger partial charge in [-0.15, -0.1) is 0 Å². The lowest BCUT2D eigenvalue weighted by molar-refractivity contribution is 0.183. The van der Waals surface area contributed by atoms with E-state index >= 15 is 4.39 Å². The molecule has 9 nitrogen and oxygen atoms in total. The Balaban J connectivity index is 1.67. The fourth-order valence-corrected chi connectivity index (χ4v) is 4.72. The van der Waals surface area contributed by atoms with Crippen molar-refractivity contribution in [1.29, 1.82) is 5.26 Å². The van der Waals surface area contributed by atoms with Crippen molar-refractivity contribution in [3.05, 3.63) is 41.5 Å². The fraction of sp³-hybridized carbons (Fsp3) is 0.333. The number of halogens is 1. The van der Waals surface area contributed by atoms with E-state index in [-0.39, 0.29) is 29.7 Å². The van der Waals surface area contributed by atoms with Gasteiger partial charge in [0, 0.05) is 47.5 Å². The predicted octanol–water partition coefficient (Wildman–Crippen LogP) is 3.99. The first kappa shape index (κ1) is 21.9. The van der Waals surface area contributed by atoms with Crippen LogP contribution in [0.5, 0.6) is 5.88 Å². The molecule has 2 aliphatic rings. The molecule has 0 spiro atoms. The number of nitrogens with zero attached hydrogens (tertiary/aromatic N) is 4. The van der Waals surface area contributed by atoms with Gasteiger partial charge in [0.05, 0.1) is 36.9 Å². The summed E-state index contributed by atoms with van der Waals surface area (Å²) in [5, 5.41) is 20.3. The SMILES string of the molecule is Cc1c(-c2cc3cc(N(C(=O)O)C4CCOC4)ncc3c(N)c2F)cnc2c1C(C#N)CCO2. The molecule has 5 rings (SSSR count). The normalized spacial score (nSPS) is 19.3. The standard InChI is InChI=1S/C24H22FN5O4/c1-12-17(9-29-23-20(12)13(8-26)2-5-34-23)16-6-14-7-19(28-10-18(14)22(27)21(16)25)30(24(31)32)15-3-4-33-11-15/h6-7,9-10,13,15H,2-5,11,27H2,1H3,(H,31,32). The lowest BCUT2D eigenvalue weighted by atomic mass is 9.88. The summed E-state index contributed by atoms with van der Waals surface area (Å²) in [6.07, 6.45) is 2.85. The minimum absolute atomic E-state index is 0.0946. The molecule has 1 fully saturated rings. The summed E-state index contributed by atoms with van der Waals surface area (Å²) < 4.78 is 26.4. The Kier molecular flexibility index (Phi) is 5.42. The number of carbonyl (C=O) groups is 1. The maximum absolute atomic E-state index is 15.4. The molecule has 10 heteroatoms. The Hall–Kier alpha value is -3.97. The first-order chi connectivity index (χ1) is 16.4. The largest absolute Gasteiger partial charge is 0.477 e. The Morgan fingerprint density at radius 2 is 2.09 bits per heavy atom. The highest BCUT2D eigenvalue weighted by atomic mass is 19.1. The van der Waals surface area contributed by atoms with E-state index in [0.29, 0.717) is 59.4 Å². The molecule has 2 aromatic heterocycles. The number of nitriles is 1. The zero-order valence-corrected chi connectivity index (χ0v) is 18.4. The number of hydrogen-bond donors (Lipinski definition) is 2. The van der Waals surface area contributed by atoms with Gasteiger partial charge in [0.2, 0.25) is 5.88 Å². The van der Waals surface area contributed by atoms with E-state index in [1.165, 1.54) is 17.3 Å². The van der Waals surface area contributed by atoms with Gasteiger partial charge in [-0.2, -0.15) is 5.26 Å². The van der Waals surface area contributed by atoms with Crippen molar-refractivity contribution in [1.82, 2.24) is 9.97 Å². The lowest BCUT2D eigenvalue weighted by Gasteiger charge is -2.25. The Morgan fingerprint density at radius 3 is 2.79 bits per heavy atom. The van der Waals surface area contributed by atoms with Crippen molar-refractivity contribution >= 4 is 28.4 Å². The highest BCUT2D eigenvalue weighted by Gasteiger charge is 2.31. The Morgan fingerprint density at radius 1 is 1.26 bits per heavy atom. The average molecular weight is 463 g/mol. The molecule has 3 N–H and O–H groups in total. The summed E-state index contributed by atoms with van der Waals surface area (Å²) in [4.78, 5) is 21.7. The molecule has 1 saturated heterocycles. The van der Waals surface area contributed by atoms with E-state index in [1.54, 1.807) is 19.1 Å². The van der Waals surface area contributed by atoms with Gasteiger partial charge in [0.25, 0.3) is 0 Å². The van der Waals surface area contributed by atoms with Crippen molar-refractivity contribution in [2.24, 2.45) is 0 Å². The van der Waals surface area contributed by atoms with Crippen LogP contribution in [0.15, 0.2) is 24.5 Å². The number of aromatic nitrogens is 2. The van der Waals surface area contributed by atoms with Crippen LogP contribution in [0.25, 0.3) is 21.9 Å². The van der Waals surface area contributed by atoms with E-state index in [1.807, 2.05) is 0 Å². The number of amides is 1. The Bertz CT molecular complexity index is 1350. The summed E-state index contributed by atoms with van der Waals surface area (Å²) >= 11 is 0. The topological polar surface area (TPSA) is 135 Å². The zero-order valence-electron chi connectivity index (χ0n) is 18.4. The second-order valence-electron chi connectivity index (χ2n) is 8.42. The number of pyridine rings is 2. The van der Waals surface area contributed by atoms with Crippen LogP contribution < -0.4 is 15.4 Å². The number of fused-ring (bicyclic) bond motifs is 2. The molecular weight excluding hydrogens is 441 g/mol. The molecule has 2 aliphatic heterocycles. The van der Waals surface area contributed by atoms with Crippen molar-refractivity contribution in [3.63, 3.8) is 0 Å². The molecule has 2 atom stereocenters. The van der Waals surface area contributed by atoms with Gasteiger partial charge < -0.3 is 20.3 Å². The highest BCUT2D eigenvalue weighted by molar-refractivity contribution is 5.99. The maximum atomic E-state index is 15.4. The van der Waals surface area contributed by atoms with Crippen LogP contribution >= 0.6 is 0 Å². The molecule has 1 amide bonds. The molecular formula is C24H22FN5O4. The number of rotatable bonds is 3. The van der Waals surface area contributed by atoms with Crippen LogP contribution in [-0.4, -0.2) is 47.0 Å². The summed E-state index contributed by atoms with van der Waals surface area (Å²) in [5.74, 6) is -0.427. The molecule has 2 unspecified atom stereocenters. The smallest absolute Gasteiger partial charge is 0.413 e. The molecule has 0 bridgehead atoms. The molecule has 0 aliphatic carbocycles. The minimum atomic E-state index is -1.14. The quantitative estimate of drug-likeness (QED) is 0.557. The van der Waals surface area contributed by atoms with E-state index in [4.69, 9.17) is 15.2 Å². The number of nitrogens with two attached hydrogens (primary N) is 1. The molecule has 4 heterocycles. The van der Waals surface area contributed by atoms with Gasteiger partial charge in [-0.1, -0.05) is 0 Å². The number of benzene rings is 1. The van der Waals surface area contributed by atoms with Crippen LogP contribution in [0.3, 0.4) is 0 Å². The minimum Gasteiger partial charge on any atom is -0.477 e. The van der Waals surface area contributed by atoms with Gasteiger partial charge >= 0.3 is 6.09 Å². The number of ether oxygens (including phenoxy) is 2. The van der Waals surface area contributed by atoms with Crippen LogP contribution in [0.4, 0.5) is 20.7 Å². The number of nitrogen functional groups attached to an aromatic ring is 1. The predicted molar refractivity (Wildman–Crippen MR) is 122 cm³/mol. The first-order valence-corrected chi connectivity index (χ1v) is 10.9. The molecule has 0 saturated carbocycles. The second-order valence-corrected chi connectivity index (χ2v) is 8.42. The summed E-state index contributed by atoms with van der Waals surface area (Å²) in [7, 11) is 0. The van der Waals surface area contributed by atoms with Gasteiger partial charge in [-0.05, 0) is 36.4 Å². The Labute approximate surface area is 194 Å². The van der Waals surface area contributed by atoms with Crippen molar-refractivity contribution in [2.45, 2.75) is 31.7 Å². The third-order valence-electron chi connectivity index (χ3n) is 6.50. The van der Waals surface area contributed by atoms with Gasteiger partial charge in [0.15, 0.2) is 5.82 Å². The monoisotopic (exact) mass is 463 g/mol. The van der Waals surface area contributed by atoms with Crippen molar-refractivity contribution in [2.75, 3.05) is 30.5 Å².